The molecular weight excluding hydrogens is 284 g/mol. The highest BCUT2D eigenvalue weighted by molar-refractivity contribution is 5.96. The minimum absolute atomic E-state index is 0.280. The Labute approximate surface area is 130 Å². The molecule has 0 radical (unpaired) electrons. The first-order chi connectivity index (χ1) is 10.4. The number of benzene rings is 1. The summed E-state index contributed by atoms with van der Waals surface area (Å²) < 4.78 is 4.95. The number of esters is 1. The molecule has 0 saturated heterocycles. The Morgan fingerprint density at radius 3 is 2.59 bits per heavy atom. The largest absolute Gasteiger partial charge is 0.451 e. The Bertz CT molecular complexity index is 543. The van der Waals surface area contributed by atoms with Gasteiger partial charge in [0, 0.05) is 12.1 Å². The Balaban J connectivity index is 2.39. The molecule has 2 amide bonds. The molecule has 1 atom stereocenters. The number of ether oxygens (including phenoxy) is 1. The first-order valence-corrected chi connectivity index (χ1v) is 7.26. The number of rotatable bonds is 7. The van der Waals surface area contributed by atoms with E-state index in [0.717, 1.165) is 12.0 Å². The summed E-state index contributed by atoms with van der Waals surface area (Å²) in [6, 6.07) is 7.03. The van der Waals surface area contributed by atoms with Crippen LogP contribution in [0.1, 0.15) is 36.2 Å². The molecule has 0 spiro atoms. The molecule has 1 aromatic rings. The maximum absolute atomic E-state index is 11.9. The molecule has 2 N–H and O–H groups in total. The van der Waals surface area contributed by atoms with Gasteiger partial charge < -0.3 is 15.4 Å². The van der Waals surface area contributed by atoms with E-state index in [1.54, 1.807) is 18.2 Å². The van der Waals surface area contributed by atoms with Crippen LogP contribution < -0.4 is 10.6 Å². The van der Waals surface area contributed by atoms with Crippen molar-refractivity contribution in [2.45, 2.75) is 33.3 Å². The summed E-state index contributed by atoms with van der Waals surface area (Å²) in [5.74, 6) is -1.36. The number of hydrogen-bond acceptors (Lipinski definition) is 4. The summed E-state index contributed by atoms with van der Waals surface area (Å²) in [7, 11) is 0. The Morgan fingerprint density at radius 1 is 1.23 bits per heavy atom. The molecule has 0 bridgehead atoms. The first-order valence-electron chi connectivity index (χ1n) is 7.26. The summed E-state index contributed by atoms with van der Waals surface area (Å²) in [4.78, 5) is 35.0. The number of aryl methyl sites for hydroxylation is 1. The second-order valence-electron chi connectivity index (χ2n) is 4.98. The van der Waals surface area contributed by atoms with E-state index in [4.69, 9.17) is 4.74 Å². The monoisotopic (exact) mass is 306 g/mol. The lowest BCUT2D eigenvalue weighted by Gasteiger charge is -2.13. The van der Waals surface area contributed by atoms with E-state index in [2.05, 4.69) is 10.6 Å². The van der Waals surface area contributed by atoms with E-state index < -0.39 is 12.1 Å². The standard InChI is InChI=1S/C16H22N2O4/c1-4-8-17-15(20)12(3)22-14(19)10-18-16(21)13-7-5-6-11(2)9-13/h5-7,9,12H,4,8,10H2,1-3H3,(H,17,20)(H,18,21). The second-order valence-corrected chi connectivity index (χ2v) is 4.98. The fourth-order valence-electron chi connectivity index (χ4n) is 1.73. The molecule has 0 heterocycles. The van der Waals surface area contributed by atoms with Crippen LogP contribution in [0.15, 0.2) is 24.3 Å². The van der Waals surface area contributed by atoms with Crippen molar-refractivity contribution in [3.63, 3.8) is 0 Å². The minimum atomic E-state index is -0.880. The van der Waals surface area contributed by atoms with Gasteiger partial charge in [-0.1, -0.05) is 24.6 Å². The van der Waals surface area contributed by atoms with E-state index in [-0.39, 0.29) is 18.4 Å². The lowest BCUT2D eigenvalue weighted by molar-refractivity contribution is -0.153. The van der Waals surface area contributed by atoms with E-state index in [1.165, 1.54) is 6.92 Å². The van der Waals surface area contributed by atoms with Gasteiger partial charge in [-0.3, -0.25) is 14.4 Å². The quantitative estimate of drug-likeness (QED) is 0.741. The lowest BCUT2D eigenvalue weighted by Crippen LogP contribution is -2.39. The summed E-state index contributed by atoms with van der Waals surface area (Å²) in [6.07, 6.45) is -0.0752. The van der Waals surface area contributed by atoms with Gasteiger partial charge in [-0.15, -0.1) is 0 Å². The van der Waals surface area contributed by atoms with Crippen LogP contribution in [0, 0.1) is 6.92 Å². The Hall–Kier alpha value is -2.37. The Morgan fingerprint density at radius 2 is 1.95 bits per heavy atom. The third-order valence-corrected chi connectivity index (χ3v) is 2.90. The van der Waals surface area contributed by atoms with Gasteiger partial charge in [-0.05, 0) is 32.4 Å². The number of carbonyl (C=O) groups is 3. The molecule has 0 fully saturated rings. The summed E-state index contributed by atoms with van der Waals surface area (Å²) in [6.45, 7) is 5.55. The smallest absolute Gasteiger partial charge is 0.326 e. The minimum Gasteiger partial charge on any atom is -0.451 e. The van der Waals surface area contributed by atoms with Crippen LogP contribution in [-0.2, 0) is 14.3 Å². The van der Waals surface area contributed by atoms with Gasteiger partial charge >= 0.3 is 5.97 Å². The van der Waals surface area contributed by atoms with Gasteiger partial charge in [0.25, 0.3) is 11.8 Å². The van der Waals surface area contributed by atoms with Crippen LogP contribution in [0.5, 0.6) is 0 Å². The number of amides is 2. The van der Waals surface area contributed by atoms with E-state index in [1.807, 2.05) is 19.9 Å². The van der Waals surface area contributed by atoms with Crippen molar-refractivity contribution in [2.75, 3.05) is 13.1 Å². The fourth-order valence-corrected chi connectivity index (χ4v) is 1.73. The third kappa shape index (κ3) is 5.95. The number of hydrogen-bond donors (Lipinski definition) is 2. The number of carbonyl (C=O) groups excluding carboxylic acids is 3. The molecule has 0 aromatic heterocycles. The summed E-state index contributed by atoms with van der Waals surface area (Å²) >= 11 is 0. The van der Waals surface area contributed by atoms with Crippen molar-refractivity contribution in [3.05, 3.63) is 35.4 Å². The average molecular weight is 306 g/mol. The van der Waals surface area contributed by atoms with Gasteiger partial charge in [0.15, 0.2) is 6.10 Å². The first kappa shape index (κ1) is 17.7. The van der Waals surface area contributed by atoms with Crippen molar-refractivity contribution in [1.29, 1.82) is 0 Å². The molecule has 0 aliphatic carbocycles. The van der Waals surface area contributed by atoms with Crippen molar-refractivity contribution < 1.29 is 19.1 Å². The summed E-state index contributed by atoms with van der Waals surface area (Å²) in [5.41, 5.74) is 1.43. The molecule has 6 nitrogen and oxygen atoms in total. The predicted octanol–water partition coefficient (Wildman–Crippen LogP) is 1.18. The molecule has 0 aliphatic heterocycles. The zero-order valence-corrected chi connectivity index (χ0v) is 13.1. The van der Waals surface area contributed by atoms with E-state index >= 15 is 0 Å². The van der Waals surface area contributed by atoms with Crippen molar-refractivity contribution >= 4 is 17.8 Å². The topological polar surface area (TPSA) is 84.5 Å². The van der Waals surface area contributed by atoms with Crippen molar-refractivity contribution in [2.24, 2.45) is 0 Å². The molecule has 22 heavy (non-hydrogen) atoms. The second kappa shape index (κ2) is 8.81. The predicted molar refractivity (Wildman–Crippen MR) is 82.4 cm³/mol. The lowest BCUT2D eigenvalue weighted by atomic mass is 10.1. The molecular formula is C16H22N2O4. The fraction of sp³-hybridized carbons (Fsp3) is 0.438. The molecule has 1 rings (SSSR count). The maximum Gasteiger partial charge on any atom is 0.326 e. The van der Waals surface area contributed by atoms with Crippen molar-refractivity contribution in [1.82, 2.24) is 10.6 Å². The zero-order valence-electron chi connectivity index (χ0n) is 13.1. The molecule has 1 unspecified atom stereocenters. The van der Waals surface area contributed by atoms with Crippen LogP contribution >= 0.6 is 0 Å². The van der Waals surface area contributed by atoms with Crippen LogP contribution in [0.4, 0.5) is 0 Å². The van der Waals surface area contributed by atoms with Gasteiger partial charge in [0.1, 0.15) is 6.54 Å². The van der Waals surface area contributed by atoms with E-state index in [9.17, 15) is 14.4 Å². The maximum atomic E-state index is 11.9. The van der Waals surface area contributed by atoms with E-state index in [0.29, 0.717) is 12.1 Å². The highest BCUT2D eigenvalue weighted by Crippen LogP contribution is 2.03. The van der Waals surface area contributed by atoms with Gasteiger partial charge in [0.2, 0.25) is 0 Å². The third-order valence-electron chi connectivity index (χ3n) is 2.90. The highest BCUT2D eigenvalue weighted by atomic mass is 16.5. The van der Waals surface area contributed by atoms with Crippen LogP contribution in [-0.4, -0.2) is 37.0 Å². The average Bonchev–Trinajstić information content (AvgIpc) is 2.50. The SMILES string of the molecule is CCCNC(=O)C(C)OC(=O)CNC(=O)c1cccc(C)c1. The molecule has 120 valence electrons. The molecule has 6 heteroatoms. The van der Waals surface area contributed by atoms with Crippen LogP contribution in [0.25, 0.3) is 0 Å². The van der Waals surface area contributed by atoms with Crippen LogP contribution in [0.2, 0.25) is 0 Å². The summed E-state index contributed by atoms with van der Waals surface area (Å²) in [5, 5.41) is 5.10. The van der Waals surface area contributed by atoms with Crippen molar-refractivity contribution in [3.8, 4) is 0 Å². The molecule has 1 aromatic carbocycles. The Kier molecular flexibility index (Phi) is 7.08. The zero-order chi connectivity index (χ0) is 16.5. The van der Waals surface area contributed by atoms with Crippen LogP contribution in [0.3, 0.4) is 0 Å². The highest BCUT2D eigenvalue weighted by Gasteiger charge is 2.17. The number of nitrogens with one attached hydrogen (secondary N) is 2. The van der Waals surface area contributed by atoms with Gasteiger partial charge in [0.05, 0.1) is 0 Å². The van der Waals surface area contributed by atoms with Gasteiger partial charge in [-0.2, -0.15) is 0 Å². The normalized spacial score (nSPS) is 11.4. The molecule has 0 saturated carbocycles. The van der Waals surface area contributed by atoms with Gasteiger partial charge in [-0.25, -0.2) is 0 Å². The molecule has 0 aliphatic rings.